The number of ketones is 1. The van der Waals surface area contributed by atoms with E-state index in [0.717, 1.165) is 4.88 Å². The molecule has 0 bridgehead atoms. The number of benzene rings is 1. The summed E-state index contributed by atoms with van der Waals surface area (Å²) in [5, 5.41) is 5.19. The quantitative estimate of drug-likeness (QED) is 0.530. The van der Waals surface area contributed by atoms with Gasteiger partial charge in [0.25, 0.3) is 0 Å². The Hall–Kier alpha value is -3.39. The lowest BCUT2D eigenvalue weighted by molar-refractivity contribution is -0.149. The first-order valence-corrected chi connectivity index (χ1v) is 11.4. The maximum Gasteiger partial charge on any atom is 0.336 e. The standard InChI is InChI=1S/C25H25NO6S/c1-13-19(24(28)31-3)20(14-7-5-8-15(11-14)30-2)22-17(26-13)12-16(18-9-6-10-33-18)21(23(22)27)25(29)32-4/h5-11,16,20-21,26H,12H2,1-4H3/t16-,20+,21+/m0/s1. The van der Waals surface area contributed by atoms with Gasteiger partial charge in [-0.2, -0.15) is 0 Å². The predicted octanol–water partition coefficient (Wildman–Crippen LogP) is 3.69. The number of thiophene rings is 1. The van der Waals surface area contributed by atoms with Crippen molar-refractivity contribution in [2.45, 2.75) is 25.2 Å². The summed E-state index contributed by atoms with van der Waals surface area (Å²) in [4.78, 5) is 40.6. The summed E-state index contributed by atoms with van der Waals surface area (Å²) in [5.41, 5.74) is 2.74. The number of Topliss-reactive ketones (excluding diaryl/α,β-unsaturated/α-hetero) is 1. The number of rotatable bonds is 5. The maximum absolute atomic E-state index is 14.0. The Bertz CT molecular complexity index is 1160. The van der Waals surface area contributed by atoms with Crippen LogP contribution in [0.4, 0.5) is 0 Å². The van der Waals surface area contributed by atoms with Gasteiger partial charge in [-0.1, -0.05) is 18.2 Å². The van der Waals surface area contributed by atoms with Crippen molar-refractivity contribution in [3.05, 3.63) is 74.8 Å². The molecular weight excluding hydrogens is 442 g/mol. The summed E-state index contributed by atoms with van der Waals surface area (Å²) >= 11 is 1.50. The second kappa shape index (κ2) is 9.23. The summed E-state index contributed by atoms with van der Waals surface area (Å²) in [6.07, 6.45) is 0.438. The number of methoxy groups -OCH3 is 3. The minimum Gasteiger partial charge on any atom is -0.497 e. The van der Waals surface area contributed by atoms with Crippen LogP contribution in [0.1, 0.15) is 35.6 Å². The number of hydrogen-bond acceptors (Lipinski definition) is 8. The van der Waals surface area contributed by atoms with Crippen LogP contribution in [0.2, 0.25) is 0 Å². The fourth-order valence-corrected chi connectivity index (χ4v) is 5.60. The van der Waals surface area contributed by atoms with E-state index >= 15 is 0 Å². The van der Waals surface area contributed by atoms with E-state index in [1.54, 1.807) is 32.2 Å². The maximum atomic E-state index is 14.0. The van der Waals surface area contributed by atoms with Crippen LogP contribution in [-0.2, 0) is 23.9 Å². The summed E-state index contributed by atoms with van der Waals surface area (Å²) in [6, 6.07) is 11.1. The van der Waals surface area contributed by atoms with Gasteiger partial charge in [-0.15, -0.1) is 11.3 Å². The van der Waals surface area contributed by atoms with Crippen LogP contribution in [-0.4, -0.2) is 39.1 Å². The second-order valence-corrected chi connectivity index (χ2v) is 8.93. The van der Waals surface area contributed by atoms with Gasteiger partial charge in [-0.25, -0.2) is 4.79 Å². The minimum absolute atomic E-state index is 0.330. The number of carbonyl (C=O) groups is 3. The van der Waals surface area contributed by atoms with Gasteiger partial charge in [0.1, 0.15) is 11.7 Å². The van der Waals surface area contributed by atoms with Gasteiger partial charge in [0.15, 0.2) is 5.78 Å². The highest BCUT2D eigenvalue weighted by atomic mass is 32.1. The van der Waals surface area contributed by atoms with Crippen molar-refractivity contribution < 1.29 is 28.6 Å². The minimum atomic E-state index is -1.00. The molecule has 1 aliphatic carbocycles. The summed E-state index contributed by atoms with van der Waals surface area (Å²) in [6.45, 7) is 1.79. The van der Waals surface area contributed by atoms with Crippen molar-refractivity contribution in [2.24, 2.45) is 5.92 Å². The number of carbonyl (C=O) groups excluding carboxylic acids is 3. The van der Waals surface area contributed by atoms with Gasteiger partial charge in [-0.05, 0) is 42.5 Å². The van der Waals surface area contributed by atoms with Crippen LogP contribution in [0.15, 0.2) is 64.3 Å². The third-order valence-corrected chi connectivity index (χ3v) is 7.22. The van der Waals surface area contributed by atoms with Gasteiger partial charge in [0, 0.05) is 33.7 Å². The molecule has 0 amide bonds. The molecule has 172 valence electrons. The first-order chi connectivity index (χ1) is 15.9. The fraction of sp³-hybridized carbons (Fsp3) is 0.320. The molecule has 1 aromatic heterocycles. The molecule has 4 rings (SSSR count). The van der Waals surface area contributed by atoms with Crippen molar-refractivity contribution in [3.8, 4) is 5.75 Å². The predicted molar refractivity (Wildman–Crippen MR) is 123 cm³/mol. The zero-order valence-corrected chi connectivity index (χ0v) is 19.7. The van der Waals surface area contributed by atoms with E-state index in [-0.39, 0.29) is 11.7 Å². The molecule has 2 aliphatic rings. The Morgan fingerprint density at radius 1 is 1.09 bits per heavy atom. The smallest absolute Gasteiger partial charge is 0.336 e. The molecule has 33 heavy (non-hydrogen) atoms. The van der Waals surface area contributed by atoms with Crippen LogP contribution in [0.3, 0.4) is 0 Å². The topological polar surface area (TPSA) is 90.9 Å². The van der Waals surface area contributed by atoms with Gasteiger partial charge in [0.2, 0.25) is 0 Å². The van der Waals surface area contributed by atoms with Crippen molar-refractivity contribution in [3.63, 3.8) is 0 Å². The lowest BCUT2D eigenvalue weighted by Gasteiger charge is -2.39. The van der Waals surface area contributed by atoms with Crippen LogP contribution < -0.4 is 10.1 Å². The van der Waals surface area contributed by atoms with Gasteiger partial charge < -0.3 is 19.5 Å². The Labute approximate surface area is 196 Å². The summed E-state index contributed by atoms with van der Waals surface area (Å²) in [7, 11) is 4.15. The number of nitrogens with one attached hydrogen (secondary N) is 1. The molecule has 0 saturated carbocycles. The Morgan fingerprint density at radius 2 is 1.88 bits per heavy atom. The van der Waals surface area contributed by atoms with Crippen LogP contribution >= 0.6 is 11.3 Å². The van der Waals surface area contributed by atoms with Crippen LogP contribution in [0, 0.1) is 5.92 Å². The lowest BCUT2D eigenvalue weighted by atomic mass is 9.68. The molecule has 0 saturated heterocycles. The van der Waals surface area contributed by atoms with E-state index in [2.05, 4.69) is 5.32 Å². The molecule has 8 heteroatoms. The fourth-order valence-electron chi connectivity index (χ4n) is 4.74. The molecule has 0 radical (unpaired) electrons. The highest BCUT2D eigenvalue weighted by Crippen LogP contribution is 2.49. The average Bonchev–Trinajstić information content (AvgIpc) is 3.37. The zero-order chi connectivity index (χ0) is 23.7. The van der Waals surface area contributed by atoms with Gasteiger partial charge in [-0.3, -0.25) is 9.59 Å². The number of allylic oxidation sites excluding steroid dienone is 3. The zero-order valence-electron chi connectivity index (χ0n) is 18.8. The highest BCUT2D eigenvalue weighted by molar-refractivity contribution is 7.10. The van der Waals surface area contributed by atoms with E-state index in [1.807, 2.05) is 23.6 Å². The SMILES string of the molecule is COC(=O)C1=C(C)NC2=C(C(=O)[C@H](C(=O)OC)[C@H](c3cccs3)C2)[C@@H]1c1cccc(OC)c1. The van der Waals surface area contributed by atoms with Crippen LogP contribution in [0.25, 0.3) is 0 Å². The van der Waals surface area contributed by atoms with Gasteiger partial charge in [0.05, 0.1) is 26.9 Å². The normalized spacial score (nSPS) is 22.4. The molecule has 0 spiro atoms. The van der Waals surface area contributed by atoms with Crippen LogP contribution in [0.5, 0.6) is 5.75 Å². The molecule has 0 fully saturated rings. The molecule has 2 aromatic rings. The van der Waals surface area contributed by atoms with Gasteiger partial charge >= 0.3 is 11.9 Å². The molecule has 0 unspecified atom stereocenters. The Balaban J connectivity index is 1.92. The number of ether oxygens (including phenoxy) is 3. The Morgan fingerprint density at radius 3 is 2.52 bits per heavy atom. The Kier molecular flexibility index (Phi) is 6.37. The molecule has 1 aromatic carbocycles. The third-order valence-electron chi connectivity index (χ3n) is 6.22. The summed E-state index contributed by atoms with van der Waals surface area (Å²) in [5.74, 6) is -2.93. The monoisotopic (exact) mass is 467 g/mol. The van der Waals surface area contributed by atoms with E-state index in [0.29, 0.717) is 40.3 Å². The van der Waals surface area contributed by atoms with Crippen molar-refractivity contribution >= 4 is 29.1 Å². The molecule has 1 N–H and O–H groups in total. The van der Waals surface area contributed by atoms with E-state index in [9.17, 15) is 14.4 Å². The first-order valence-electron chi connectivity index (χ1n) is 10.5. The lowest BCUT2D eigenvalue weighted by Crippen LogP contribution is -2.43. The van der Waals surface area contributed by atoms with E-state index in [1.165, 1.54) is 25.6 Å². The largest absolute Gasteiger partial charge is 0.497 e. The molecule has 2 heterocycles. The van der Waals surface area contributed by atoms with E-state index < -0.39 is 23.8 Å². The van der Waals surface area contributed by atoms with Crippen molar-refractivity contribution in [1.82, 2.24) is 5.32 Å². The summed E-state index contributed by atoms with van der Waals surface area (Å²) < 4.78 is 15.5. The number of esters is 2. The highest BCUT2D eigenvalue weighted by Gasteiger charge is 2.49. The number of hydrogen-bond donors (Lipinski definition) is 1. The molecule has 3 atom stereocenters. The molecular formula is C25H25NO6S. The third kappa shape index (κ3) is 3.95. The molecule has 7 nitrogen and oxygen atoms in total. The van der Waals surface area contributed by atoms with Crippen molar-refractivity contribution in [2.75, 3.05) is 21.3 Å². The first kappa shape index (κ1) is 22.8. The average molecular weight is 468 g/mol. The number of dihydropyridines is 1. The van der Waals surface area contributed by atoms with Crippen molar-refractivity contribution in [1.29, 1.82) is 0 Å². The second-order valence-electron chi connectivity index (χ2n) is 7.95. The van der Waals surface area contributed by atoms with E-state index in [4.69, 9.17) is 14.2 Å². The molecule has 1 aliphatic heterocycles.